The summed E-state index contributed by atoms with van der Waals surface area (Å²) in [5, 5.41) is 7.22. The smallest absolute Gasteiger partial charge is 0.318 e. The Kier molecular flexibility index (Phi) is 9.02. The molecule has 1 aliphatic rings. The van der Waals surface area contributed by atoms with E-state index in [1.807, 2.05) is 23.1 Å². The van der Waals surface area contributed by atoms with Gasteiger partial charge in [0, 0.05) is 44.1 Å². The Balaban J connectivity index is 1.33. The molecule has 36 heavy (non-hydrogen) atoms. The maximum atomic E-state index is 13.2. The molecule has 4 heterocycles. The number of carbonyl (C=O) groups excluding carboxylic acids is 2. The van der Waals surface area contributed by atoms with Crippen LogP contribution in [-0.2, 0) is 19.5 Å². The number of rotatable bonds is 10. The molecule has 3 N–H and O–H groups in total. The summed E-state index contributed by atoms with van der Waals surface area (Å²) in [6.45, 7) is 5.08. The van der Waals surface area contributed by atoms with Crippen LogP contribution in [-0.4, -0.2) is 56.9 Å². The highest BCUT2D eigenvalue weighted by Gasteiger charge is 2.30. The van der Waals surface area contributed by atoms with Crippen LogP contribution in [0.25, 0.3) is 0 Å². The van der Waals surface area contributed by atoms with E-state index in [-0.39, 0.29) is 12.1 Å². The molecule has 8 nitrogen and oxygen atoms in total. The zero-order valence-electron chi connectivity index (χ0n) is 20.7. The molecule has 9 heteroatoms. The van der Waals surface area contributed by atoms with E-state index in [9.17, 15) is 9.59 Å². The average molecular weight is 507 g/mol. The summed E-state index contributed by atoms with van der Waals surface area (Å²) in [6.07, 6.45) is 6.89. The van der Waals surface area contributed by atoms with Gasteiger partial charge in [-0.25, -0.2) is 4.79 Å². The third-order valence-electron chi connectivity index (χ3n) is 6.86. The van der Waals surface area contributed by atoms with Crippen molar-refractivity contribution in [2.24, 2.45) is 5.73 Å². The summed E-state index contributed by atoms with van der Waals surface area (Å²) in [7, 11) is 0. The molecule has 0 saturated carbocycles. The van der Waals surface area contributed by atoms with Crippen LogP contribution < -0.4 is 11.1 Å². The third kappa shape index (κ3) is 6.89. The van der Waals surface area contributed by atoms with Crippen LogP contribution >= 0.6 is 11.3 Å². The Morgan fingerprint density at radius 3 is 2.67 bits per heavy atom. The first-order valence-electron chi connectivity index (χ1n) is 12.4. The molecular weight excluding hydrogens is 472 g/mol. The number of nitrogens with one attached hydrogen (secondary N) is 1. The van der Waals surface area contributed by atoms with E-state index in [4.69, 9.17) is 5.73 Å². The summed E-state index contributed by atoms with van der Waals surface area (Å²) in [6, 6.07) is 11.7. The lowest BCUT2D eigenvalue weighted by Crippen LogP contribution is -2.51. The van der Waals surface area contributed by atoms with Crippen LogP contribution in [0.1, 0.15) is 53.5 Å². The van der Waals surface area contributed by atoms with Crippen molar-refractivity contribution < 1.29 is 9.59 Å². The lowest BCUT2D eigenvalue weighted by atomic mass is 9.99. The number of hydrogen-bond acceptors (Lipinski definition) is 6. The zero-order chi connectivity index (χ0) is 25.3. The van der Waals surface area contributed by atoms with Crippen LogP contribution in [0.3, 0.4) is 0 Å². The maximum absolute atomic E-state index is 13.2. The van der Waals surface area contributed by atoms with E-state index in [0.717, 1.165) is 49.3 Å². The van der Waals surface area contributed by atoms with Gasteiger partial charge in [0.2, 0.25) is 0 Å². The third-order valence-corrected chi connectivity index (χ3v) is 7.59. The Morgan fingerprint density at radius 1 is 1.17 bits per heavy atom. The van der Waals surface area contributed by atoms with Gasteiger partial charge in [-0.3, -0.25) is 14.8 Å². The summed E-state index contributed by atoms with van der Waals surface area (Å²) >= 11 is 1.65. The quantitative estimate of drug-likeness (QED) is 0.435. The van der Waals surface area contributed by atoms with Gasteiger partial charge in [-0.2, -0.15) is 11.3 Å². The lowest BCUT2D eigenvalue weighted by Gasteiger charge is -2.40. The van der Waals surface area contributed by atoms with Crippen LogP contribution in [0.15, 0.2) is 59.6 Å². The minimum atomic E-state index is -0.432. The number of primary amides is 1. The van der Waals surface area contributed by atoms with Gasteiger partial charge < -0.3 is 20.9 Å². The second-order valence-electron chi connectivity index (χ2n) is 9.26. The summed E-state index contributed by atoms with van der Waals surface area (Å²) in [5.74, 6) is -0.432. The van der Waals surface area contributed by atoms with Crippen LogP contribution in [0.4, 0.5) is 4.79 Å². The number of carbonyl (C=O) groups is 2. The second-order valence-corrected chi connectivity index (χ2v) is 10.0. The van der Waals surface area contributed by atoms with Crippen molar-refractivity contribution in [3.8, 4) is 0 Å². The van der Waals surface area contributed by atoms with Crippen molar-refractivity contribution in [1.29, 1.82) is 0 Å². The minimum Gasteiger partial charge on any atom is -0.366 e. The summed E-state index contributed by atoms with van der Waals surface area (Å²) in [4.78, 5) is 38.1. The fourth-order valence-corrected chi connectivity index (χ4v) is 5.40. The summed E-state index contributed by atoms with van der Waals surface area (Å²) < 4.78 is 0. The van der Waals surface area contributed by atoms with Crippen molar-refractivity contribution in [2.45, 2.75) is 57.8 Å². The molecule has 3 aromatic rings. The number of piperidine rings is 1. The highest BCUT2D eigenvalue weighted by Crippen LogP contribution is 2.23. The van der Waals surface area contributed by atoms with Gasteiger partial charge in [0.1, 0.15) is 0 Å². The highest BCUT2D eigenvalue weighted by atomic mass is 32.1. The second kappa shape index (κ2) is 12.6. The molecule has 190 valence electrons. The van der Waals surface area contributed by atoms with Gasteiger partial charge in [0.15, 0.2) is 0 Å². The Labute approximate surface area is 216 Å². The lowest BCUT2D eigenvalue weighted by molar-refractivity contribution is 0.0942. The number of hydrogen-bond donors (Lipinski definition) is 2. The molecule has 0 bridgehead atoms. The SMILES string of the molecule is C[C@H](CCc1ncccc1C(N)=O)N1CCC(N(Cc2ccsc2)C(=O)NCc2ccccn2)CC1. The molecule has 4 rings (SSSR count). The number of nitrogens with two attached hydrogens (primary N) is 1. The molecule has 3 aromatic heterocycles. The monoisotopic (exact) mass is 506 g/mol. The van der Waals surface area contributed by atoms with Crippen LogP contribution in [0.5, 0.6) is 0 Å². The first kappa shape index (κ1) is 25.8. The fourth-order valence-electron chi connectivity index (χ4n) is 4.74. The Bertz CT molecular complexity index is 1120. The minimum absolute atomic E-state index is 0.0486. The molecule has 0 aromatic carbocycles. The van der Waals surface area contributed by atoms with E-state index in [0.29, 0.717) is 31.1 Å². The number of pyridine rings is 2. The molecule has 3 amide bonds. The molecule has 0 unspecified atom stereocenters. The maximum Gasteiger partial charge on any atom is 0.318 e. The van der Waals surface area contributed by atoms with Gasteiger partial charge in [-0.05, 0) is 79.3 Å². The van der Waals surface area contributed by atoms with Crippen molar-refractivity contribution in [3.63, 3.8) is 0 Å². The molecule has 1 atom stereocenters. The number of thiophene rings is 1. The van der Waals surface area contributed by atoms with Gasteiger partial charge in [-0.1, -0.05) is 6.07 Å². The average Bonchev–Trinajstić information content (AvgIpc) is 3.43. The Hall–Kier alpha value is -3.30. The molecule has 1 saturated heterocycles. The molecule has 1 aliphatic heterocycles. The highest BCUT2D eigenvalue weighted by molar-refractivity contribution is 7.07. The molecule has 0 aliphatic carbocycles. The standard InChI is InChI=1S/C27H34N6O2S/c1-20(7-8-25-24(26(28)34)6-4-13-30-25)32-14-9-23(10-15-32)33(18-21-11-16-36-19-21)27(35)31-17-22-5-2-3-12-29-22/h2-6,11-13,16,19-20,23H,7-10,14-15,17-18H2,1H3,(H2,28,34)(H,31,35)/t20-/m1/s1. The van der Waals surface area contributed by atoms with Crippen LogP contribution in [0.2, 0.25) is 0 Å². The predicted molar refractivity (Wildman–Crippen MR) is 141 cm³/mol. The molecule has 0 radical (unpaired) electrons. The topological polar surface area (TPSA) is 104 Å². The van der Waals surface area contributed by atoms with Crippen molar-refractivity contribution >= 4 is 23.3 Å². The first-order valence-corrected chi connectivity index (χ1v) is 13.4. The van der Waals surface area contributed by atoms with Crippen LogP contribution in [0, 0.1) is 0 Å². The molecular formula is C27H34N6O2S. The number of nitrogens with zero attached hydrogens (tertiary/aromatic N) is 4. The van der Waals surface area contributed by atoms with E-state index < -0.39 is 5.91 Å². The van der Waals surface area contributed by atoms with E-state index in [1.165, 1.54) is 0 Å². The zero-order valence-corrected chi connectivity index (χ0v) is 21.5. The van der Waals surface area contributed by atoms with Gasteiger partial charge in [0.05, 0.1) is 23.5 Å². The number of likely N-dealkylation sites (tertiary alicyclic amines) is 1. The number of aromatic nitrogens is 2. The molecule has 1 fully saturated rings. The predicted octanol–water partition coefficient (Wildman–Crippen LogP) is 3.83. The first-order chi connectivity index (χ1) is 17.5. The van der Waals surface area contributed by atoms with Gasteiger partial charge >= 0.3 is 6.03 Å². The van der Waals surface area contributed by atoms with E-state index >= 15 is 0 Å². The normalized spacial score (nSPS) is 15.4. The summed E-state index contributed by atoms with van der Waals surface area (Å²) in [5.41, 5.74) is 8.77. The van der Waals surface area contributed by atoms with Crippen molar-refractivity contribution in [2.75, 3.05) is 13.1 Å². The van der Waals surface area contributed by atoms with Crippen molar-refractivity contribution in [3.05, 3.63) is 82.1 Å². The molecule has 0 spiro atoms. The van der Waals surface area contributed by atoms with Crippen molar-refractivity contribution in [1.82, 2.24) is 25.1 Å². The number of urea groups is 1. The Morgan fingerprint density at radius 2 is 1.97 bits per heavy atom. The van der Waals surface area contributed by atoms with Gasteiger partial charge in [-0.15, -0.1) is 0 Å². The number of amides is 3. The van der Waals surface area contributed by atoms with Gasteiger partial charge in [0.25, 0.3) is 5.91 Å². The fraction of sp³-hybridized carbons (Fsp3) is 0.407. The van der Waals surface area contributed by atoms with E-state index in [1.54, 1.807) is 35.9 Å². The van der Waals surface area contributed by atoms with E-state index in [2.05, 4.69) is 43.9 Å². The number of aryl methyl sites for hydroxylation is 1. The largest absolute Gasteiger partial charge is 0.366 e.